The van der Waals surface area contributed by atoms with Crippen molar-refractivity contribution in [3.05, 3.63) is 218 Å². The molecule has 2 aromatic heterocycles. The van der Waals surface area contributed by atoms with Gasteiger partial charge in [-0.1, -0.05) is 12.1 Å². The Morgan fingerprint density at radius 2 is 0.779 bits per heavy atom. The molecule has 14 aromatic rings. The van der Waals surface area contributed by atoms with Crippen molar-refractivity contribution in [2.75, 3.05) is 9.80 Å². The Bertz CT molecular complexity index is 4780. The Hall–Kier alpha value is -9.70. The molecule has 0 spiro atoms. The van der Waals surface area contributed by atoms with Crippen molar-refractivity contribution in [1.82, 2.24) is 0 Å². The first kappa shape index (κ1) is 40.7. The average Bonchev–Trinajstić information content (AvgIpc) is 3.02. The molecule has 0 bridgehead atoms. The maximum absolute atomic E-state index is 7.79. The van der Waals surface area contributed by atoms with Gasteiger partial charge in [0.15, 0.2) is 0 Å². The van der Waals surface area contributed by atoms with E-state index < -0.39 is 13.3 Å². The number of aryl methyl sites for hydroxylation is 1. The average molecular weight is 1050 g/mol. The molecule has 5 aliphatic heterocycles. The van der Waals surface area contributed by atoms with Crippen molar-refractivity contribution >= 4 is 130 Å². The number of fused-ring (bicyclic) bond motifs is 14. The van der Waals surface area contributed by atoms with E-state index in [2.05, 4.69) is 229 Å². The number of rotatable bonds is 3. The van der Waals surface area contributed by atoms with Gasteiger partial charge in [-0.25, -0.2) is 0 Å². The van der Waals surface area contributed by atoms with Crippen LogP contribution in [0.3, 0.4) is 0 Å². The minimum atomic E-state index is -4.33. The summed E-state index contributed by atoms with van der Waals surface area (Å²) in [7, 11) is 0. The molecule has 358 valence electrons. The summed E-state index contributed by atoms with van der Waals surface area (Å²) in [6.45, 7) is 2.24. The molecule has 0 fully saturated rings. The second-order valence-electron chi connectivity index (χ2n) is 21.2. The van der Waals surface area contributed by atoms with Crippen LogP contribution in [0.15, 0.2) is 221 Å². The van der Waals surface area contributed by atoms with Crippen LogP contribution in [0.2, 0.25) is 0 Å². The summed E-state index contributed by atoms with van der Waals surface area (Å²) in [6, 6.07) is 76.6. The number of ether oxygens (including phenoxy) is 3. The first-order valence-electron chi connectivity index (χ1n) is 26.2. The summed E-state index contributed by atoms with van der Waals surface area (Å²) in [5, 5.41) is 8.87. The third-order valence-corrected chi connectivity index (χ3v) is 27.4. The van der Waals surface area contributed by atoms with Crippen molar-refractivity contribution in [2.45, 2.75) is 6.92 Å². The first-order valence-corrected chi connectivity index (χ1v) is 30.4. The molecule has 0 aliphatic carbocycles. The molecule has 12 aromatic carbocycles. The van der Waals surface area contributed by atoms with Crippen molar-refractivity contribution in [3.8, 4) is 56.8 Å². The summed E-state index contributed by atoms with van der Waals surface area (Å²) in [5.41, 5.74) is 14.8. The molecule has 0 unspecified atom stereocenters. The number of furan rings is 2. The fourth-order valence-electron chi connectivity index (χ4n) is 14.0. The van der Waals surface area contributed by atoms with E-state index in [1.165, 1.54) is 28.4 Å². The van der Waals surface area contributed by atoms with Gasteiger partial charge in [0.05, 0.1) is 0 Å². The molecule has 0 atom stereocenters. The fraction of sp³-hybridized carbons (Fsp3) is 0.0145. The van der Waals surface area contributed by atoms with Gasteiger partial charge in [-0.05, 0) is 0 Å². The van der Waals surface area contributed by atoms with Crippen molar-refractivity contribution in [3.63, 3.8) is 0 Å². The predicted molar refractivity (Wildman–Crippen MR) is 312 cm³/mol. The summed E-state index contributed by atoms with van der Waals surface area (Å²) >= 11 is -4.33. The molecule has 0 amide bonds. The van der Waals surface area contributed by atoms with Gasteiger partial charge in [0.25, 0.3) is 0 Å². The number of para-hydroxylation sites is 4. The fourth-order valence-corrected chi connectivity index (χ4v) is 25.7. The van der Waals surface area contributed by atoms with Gasteiger partial charge in [-0.3, -0.25) is 0 Å². The molecule has 7 nitrogen and oxygen atoms in total. The topological polar surface area (TPSA) is 60.5 Å². The number of anilines is 6. The van der Waals surface area contributed by atoms with Crippen LogP contribution in [-0.2, 0) is 0 Å². The Morgan fingerprint density at radius 3 is 1.29 bits per heavy atom. The zero-order valence-electron chi connectivity index (χ0n) is 41.1. The maximum atomic E-state index is 7.79. The molecule has 7 heterocycles. The minimum absolute atomic E-state index is 0.797. The van der Waals surface area contributed by atoms with Crippen molar-refractivity contribution in [1.29, 1.82) is 0 Å². The Balaban J connectivity index is 0.948. The molecule has 0 saturated heterocycles. The van der Waals surface area contributed by atoms with Crippen LogP contribution in [0.1, 0.15) is 5.56 Å². The van der Waals surface area contributed by atoms with Gasteiger partial charge in [-0.2, -0.15) is 0 Å². The van der Waals surface area contributed by atoms with E-state index in [9.17, 15) is 0 Å². The van der Waals surface area contributed by atoms with Gasteiger partial charge < -0.3 is 0 Å². The Labute approximate surface area is 442 Å². The molecule has 0 radical (unpaired) electrons. The Morgan fingerprint density at radius 1 is 0.338 bits per heavy atom. The van der Waals surface area contributed by atoms with Crippen LogP contribution in [0.25, 0.3) is 87.7 Å². The summed E-state index contributed by atoms with van der Waals surface area (Å²) in [5.74, 6) is 4.89. The number of nitrogens with zero attached hydrogens (tertiary/aromatic N) is 2. The molecule has 0 N–H and O–H groups in total. The van der Waals surface area contributed by atoms with E-state index >= 15 is 0 Å². The van der Waals surface area contributed by atoms with Crippen molar-refractivity contribution in [2.24, 2.45) is 0 Å². The summed E-state index contributed by atoms with van der Waals surface area (Å²) in [4.78, 5) is 5.00. The number of hydrogen-bond donors (Lipinski definition) is 0. The van der Waals surface area contributed by atoms with Crippen molar-refractivity contribution < 1.29 is 23.0 Å². The molecular formula is C69H38GeN2O5. The zero-order valence-corrected chi connectivity index (χ0v) is 43.2. The first-order chi connectivity index (χ1) is 38.0. The van der Waals surface area contributed by atoms with E-state index in [4.69, 9.17) is 23.0 Å². The second kappa shape index (κ2) is 14.2. The van der Waals surface area contributed by atoms with Crippen LogP contribution in [0, 0.1) is 6.92 Å². The molecule has 77 heavy (non-hydrogen) atoms. The number of hydrogen-bond acceptors (Lipinski definition) is 7. The van der Waals surface area contributed by atoms with Gasteiger partial charge in [0.1, 0.15) is 0 Å². The third kappa shape index (κ3) is 5.08. The van der Waals surface area contributed by atoms with E-state index in [-0.39, 0.29) is 0 Å². The molecule has 8 heteroatoms. The zero-order chi connectivity index (χ0) is 50.0. The number of benzene rings is 12. The second-order valence-corrected chi connectivity index (χ2v) is 28.7. The predicted octanol–water partition coefficient (Wildman–Crippen LogP) is 16.7. The van der Waals surface area contributed by atoms with Gasteiger partial charge >= 0.3 is 433 Å². The monoisotopic (exact) mass is 1050 g/mol. The van der Waals surface area contributed by atoms with E-state index in [1.54, 1.807) is 0 Å². The Kier molecular flexibility index (Phi) is 7.48. The third-order valence-electron chi connectivity index (χ3n) is 17.1. The summed E-state index contributed by atoms with van der Waals surface area (Å²) < 4.78 is 40.9. The van der Waals surface area contributed by atoms with Gasteiger partial charge in [0, 0.05) is 0 Å². The van der Waals surface area contributed by atoms with E-state index in [1.807, 2.05) is 0 Å². The molecule has 5 aliphatic rings. The van der Waals surface area contributed by atoms with Crippen LogP contribution < -0.4 is 41.6 Å². The standard InChI is InChI=1S/C69H38GeN2O5/c1-37-27-53-63-54(28-37)72-52-20-10-12-22-58(52)77-69-46(43-24-26-56-48(32-43)50-30-39-14-6-8-16-41(39)34-60(50)74-56)36-62-65(67(69)72)70(63,44-17-3-2-4-18-44)64-61(75-62)35-45(68-66(64)71(53)51-19-9-11-21-57(51)76-68)42-23-25-55-47(31-42)49-29-38-13-5-7-15-40(38)33-59(49)73-55/h2-36H,1H3. The SMILES string of the molecule is Cc1cc2[c]3c(c1)N1c4ccccc4Oc4c(-c5ccc6oc7cc8ccccc8cc7c6c5)cc5[c](c41)[Ge]3([c]1ccccc1)[c]1c(cc(-c3ccc4oc6cc7ccccc7cc6c4c3)c3c1N2c1ccccc1O3)O5. The van der Waals surface area contributed by atoms with Gasteiger partial charge in [0.2, 0.25) is 0 Å². The summed E-state index contributed by atoms with van der Waals surface area (Å²) in [6.07, 6.45) is 0. The molecular weight excluding hydrogens is 1010 g/mol. The quantitative estimate of drug-likeness (QED) is 0.163. The molecule has 0 saturated carbocycles. The van der Waals surface area contributed by atoms with Gasteiger partial charge in [-0.15, -0.1) is 0 Å². The van der Waals surface area contributed by atoms with Crippen LogP contribution in [0.4, 0.5) is 34.1 Å². The molecule has 19 rings (SSSR count). The van der Waals surface area contributed by atoms with Crippen LogP contribution >= 0.6 is 0 Å². The van der Waals surface area contributed by atoms with E-state index in [0.717, 1.165) is 151 Å². The van der Waals surface area contributed by atoms with Crippen LogP contribution in [0.5, 0.6) is 34.5 Å². The normalized spacial score (nSPS) is 14.4. The van der Waals surface area contributed by atoms with E-state index in [0.29, 0.717) is 0 Å². The van der Waals surface area contributed by atoms with Crippen LogP contribution in [-0.4, -0.2) is 13.3 Å².